The fourth-order valence-corrected chi connectivity index (χ4v) is 3.47. The van der Waals surface area contributed by atoms with Gasteiger partial charge >= 0.3 is 5.97 Å². The second-order valence-corrected chi connectivity index (χ2v) is 8.32. The average molecular weight is 369 g/mol. The number of ether oxygens (including phenoxy) is 1. The number of amides is 1. The zero-order chi connectivity index (χ0) is 18.4. The topological polar surface area (TPSA) is 110 Å². The van der Waals surface area contributed by atoms with E-state index in [1.165, 1.54) is 12.1 Å². The maximum Gasteiger partial charge on any atom is 0.306 e. The molecule has 0 saturated heterocycles. The van der Waals surface area contributed by atoms with E-state index >= 15 is 0 Å². The van der Waals surface area contributed by atoms with E-state index in [0.29, 0.717) is 44.5 Å². The van der Waals surface area contributed by atoms with Gasteiger partial charge in [-0.3, -0.25) is 9.59 Å². The van der Waals surface area contributed by atoms with Crippen LogP contribution in [0.1, 0.15) is 32.1 Å². The molecule has 25 heavy (non-hydrogen) atoms. The third-order valence-corrected chi connectivity index (χ3v) is 5.34. The molecule has 138 valence electrons. The highest BCUT2D eigenvalue weighted by atomic mass is 32.2. The Hall–Kier alpha value is -2.09. The molecule has 1 aromatic rings. The van der Waals surface area contributed by atoms with Crippen LogP contribution in [0.2, 0.25) is 0 Å². The van der Waals surface area contributed by atoms with E-state index in [9.17, 15) is 18.0 Å². The standard InChI is InChI=1S/C17H23NO6S/c1-25(22,23)15-8-6-14(7-9-15)24-10-2-3-16(19)18-13-5-4-12(11-13)17(20)21/h6-9,12-13H,2-5,10-11H2,1H3,(H,18,19)(H,20,21)/t12-,13+/m0/s1. The van der Waals surface area contributed by atoms with Crippen molar-refractivity contribution in [1.82, 2.24) is 5.32 Å². The number of carboxylic acid groups (broad SMARTS) is 1. The van der Waals surface area contributed by atoms with Gasteiger partial charge in [0, 0.05) is 18.7 Å². The molecule has 8 heteroatoms. The lowest BCUT2D eigenvalue weighted by molar-refractivity contribution is -0.141. The summed E-state index contributed by atoms with van der Waals surface area (Å²) in [5.74, 6) is -0.712. The van der Waals surface area contributed by atoms with Crippen LogP contribution in [0.5, 0.6) is 5.75 Å². The smallest absolute Gasteiger partial charge is 0.306 e. The molecule has 0 aliphatic heterocycles. The molecule has 0 bridgehead atoms. The van der Waals surface area contributed by atoms with E-state index in [4.69, 9.17) is 9.84 Å². The number of carbonyl (C=O) groups excluding carboxylic acids is 1. The number of carboxylic acids is 1. The third-order valence-electron chi connectivity index (χ3n) is 4.22. The lowest BCUT2D eigenvalue weighted by atomic mass is 10.1. The summed E-state index contributed by atoms with van der Waals surface area (Å²) in [5.41, 5.74) is 0. The predicted molar refractivity (Wildman–Crippen MR) is 91.2 cm³/mol. The number of hydrogen-bond donors (Lipinski definition) is 2. The summed E-state index contributed by atoms with van der Waals surface area (Å²) < 4.78 is 28.2. The fourth-order valence-electron chi connectivity index (χ4n) is 2.84. The molecule has 1 fully saturated rings. The first kappa shape index (κ1) is 19.2. The van der Waals surface area contributed by atoms with Crippen LogP contribution in [0.4, 0.5) is 0 Å². The lowest BCUT2D eigenvalue weighted by Gasteiger charge is -2.12. The van der Waals surface area contributed by atoms with Crippen LogP contribution in [0, 0.1) is 5.92 Å². The van der Waals surface area contributed by atoms with Gasteiger partial charge < -0.3 is 15.2 Å². The first-order chi connectivity index (χ1) is 11.8. The molecule has 0 unspecified atom stereocenters. The highest BCUT2D eigenvalue weighted by molar-refractivity contribution is 7.90. The molecule has 1 saturated carbocycles. The normalized spacial score (nSPS) is 20.2. The van der Waals surface area contributed by atoms with Crippen molar-refractivity contribution in [3.05, 3.63) is 24.3 Å². The summed E-state index contributed by atoms with van der Waals surface area (Å²) in [6.45, 7) is 0.341. The van der Waals surface area contributed by atoms with E-state index in [1.54, 1.807) is 12.1 Å². The fraction of sp³-hybridized carbons (Fsp3) is 0.529. The minimum Gasteiger partial charge on any atom is -0.494 e. The van der Waals surface area contributed by atoms with E-state index in [1.807, 2.05) is 0 Å². The molecule has 1 aliphatic carbocycles. The van der Waals surface area contributed by atoms with Crippen molar-refractivity contribution in [2.45, 2.75) is 43.0 Å². The second kappa shape index (κ2) is 8.33. The predicted octanol–water partition coefficient (Wildman–Crippen LogP) is 1.62. The molecule has 1 aliphatic rings. The van der Waals surface area contributed by atoms with Crippen LogP contribution < -0.4 is 10.1 Å². The first-order valence-electron chi connectivity index (χ1n) is 8.21. The van der Waals surface area contributed by atoms with Crippen molar-refractivity contribution in [1.29, 1.82) is 0 Å². The lowest BCUT2D eigenvalue weighted by Crippen LogP contribution is -2.33. The Kier molecular flexibility index (Phi) is 6.41. The van der Waals surface area contributed by atoms with Crippen molar-refractivity contribution in [3.8, 4) is 5.75 Å². The van der Waals surface area contributed by atoms with Crippen LogP contribution >= 0.6 is 0 Å². The Morgan fingerprint density at radius 3 is 2.48 bits per heavy atom. The van der Waals surface area contributed by atoms with Gasteiger partial charge in [-0.05, 0) is 49.9 Å². The summed E-state index contributed by atoms with van der Waals surface area (Å²) in [7, 11) is -3.22. The maximum atomic E-state index is 11.9. The molecule has 2 atom stereocenters. The number of nitrogens with one attached hydrogen (secondary N) is 1. The highest BCUT2D eigenvalue weighted by Crippen LogP contribution is 2.25. The second-order valence-electron chi connectivity index (χ2n) is 6.31. The van der Waals surface area contributed by atoms with Crippen LogP contribution in [-0.4, -0.2) is 44.3 Å². The number of carbonyl (C=O) groups is 2. The molecule has 0 spiro atoms. The number of sulfone groups is 1. The zero-order valence-corrected chi connectivity index (χ0v) is 14.9. The third kappa shape index (κ3) is 6.04. The Balaban J connectivity index is 1.66. The molecule has 2 N–H and O–H groups in total. The Labute approximate surface area is 147 Å². The van der Waals surface area contributed by atoms with Gasteiger partial charge in [-0.1, -0.05) is 0 Å². The number of benzene rings is 1. The number of hydrogen-bond acceptors (Lipinski definition) is 5. The molecular formula is C17H23NO6S. The van der Waals surface area contributed by atoms with Crippen molar-refractivity contribution < 1.29 is 27.9 Å². The van der Waals surface area contributed by atoms with Crippen LogP contribution in [0.15, 0.2) is 29.2 Å². The minimum atomic E-state index is -3.22. The number of aliphatic carboxylic acids is 1. The largest absolute Gasteiger partial charge is 0.494 e. The van der Waals surface area contributed by atoms with Crippen molar-refractivity contribution in [2.24, 2.45) is 5.92 Å². The van der Waals surface area contributed by atoms with Gasteiger partial charge in [0.1, 0.15) is 5.75 Å². The van der Waals surface area contributed by atoms with E-state index in [2.05, 4.69) is 5.32 Å². The molecule has 0 heterocycles. The Bertz CT molecular complexity index is 713. The van der Waals surface area contributed by atoms with Gasteiger partial charge in [-0.2, -0.15) is 0 Å². The minimum absolute atomic E-state index is 0.0574. The summed E-state index contributed by atoms with van der Waals surface area (Å²) in [6.07, 6.45) is 3.76. The van der Waals surface area contributed by atoms with Crippen molar-refractivity contribution >= 4 is 21.7 Å². The molecule has 1 aromatic carbocycles. The monoisotopic (exact) mass is 369 g/mol. The van der Waals surface area contributed by atoms with Gasteiger partial charge in [-0.15, -0.1) is 0 Å². The van der Waals surface area contributed by atoms with Crippen LogP contribution in [0.25, 0.3) is 0 Å². The van der Waals surface area contributed by atoms with Crippen molar-refractivity contribution in [2.75, 3.05) is 12.9 Å². The summed E-state index contributed by atoms with van der Waals surface area (Å²) in [4.78, 5) is 23.0. The van der Waals surface area contributed by atoms with E-state index in [0.717, 1.165) is 6.26 Å². The van der Waals surface area contributed by atoms with Gasteiger partial charge in [0.2, 0.25) is 5.91 Å². The van der Waals surface area contributed by atoms with Crippen LogP contribution in [-0.2, 0) is 19.4 Å². The van der Waals surface area contributed by atoms with Crippen molar-refractivity contribution in [3.63, 3.8) is 0 Å². The van der Waals surface area contributed by atoms with E-state index < -0.39 is 15.8 Å². The van der Waals surface area contributed by atoms with Gasteiger partial charge in [0.15, 0.2) is 9.84 Å². The quantitative estimate of drug-likeness (QED) is 0.674. The summed E-state index contributed by atoms with van der Waals surface area (Å²) in [6, 6.07) is 6.08. The van der Waals surface area contributed by atoms with E-state index in [-0.39, 0.29) is 22.8 Å². The molecule has 7 nitrogen and oxygen atoms in total. The highest BCUT2D eigenvalue weighted by Gasteiger charge is 2.30. The molecule has 2 rings (SSSR count). The molecular weight excluding hydrogens is 346 g/mol. The van der Waals surface area contributed by atoms with Gasteiger partial charge in [-0.25, -0.2) is 8.42 Å². The Morgan fingerprint density at radius 2 is 1.92 bits per heavy atom. The molecule has 1 amide bonds. The summed E-state index contributed by atoms with van der Waals surface area (Å²) in [5, 5.41) is 11.8. The van der Waals surface area contributed by atoms with Gasteiger partial charge in [0.05, 0.1) is 17.4 Å². The molecule has 0 aromatic heterocycles. The molecule has 0 radical (unpaired) electrons. The van der Waals surface area contributed by atoms with Gasteiger partial charge in [0.25, 0.3) is 0 Å². The number of rotatable bonds is 8. The Morgan fingerprint density at radius 1 is 1.24 bits per heavy atom. The first-order valence-corrected chi connectivity index (χ1v) is 10.1. The summed E-state index contributed by atoms with van der Waals surface area (Å²) >= 11 is 0. The maximum absolute atomic E-state index is 11.9. The average Bonchev–Trinajstić information content (AvgIpc) is 3.00. The SMILES string of the molecule is CS(=O)(=O)c1ccc(OCCCC(=O)N[C@@H]2CC[C@H](C(=O)O)C2)cc1. The van der Waals surface area contributed by atoms with Crippen LogP contribution in [0.3, 0.4) is 0 Å². The zero-order valence-electron chi connectivity index (χ0n) is 14.1.